The monoisotopic (exact) mass is 353 g/mol. The molecule has 4 saturated carbocycles. The minimum atomic E-state index is -0.917. The summed E-state index contributed by atoms with van der Waals surface area (Å²) in [5.41, 5.74) is 2.27. The predicted molar refractivity (Wildman–Crippen MR) is 94.9 cm³/mol. The Labute approximate surface area is 152 Å². The fraction of sp³-hybridized carbons (Fsp3) is 0.500. The summed E-state index contributed by atoms with van der Waals surface area (Å²) < 4.78 is 8.05. The number of carboxylic acid groups (broad SMARTS) is 1. The third kappa shape index (κ3) is 2.51. The Kier molecular flexibility index (Phi) is 3.41. The van der Waals surface area contributed by atoms with Crippen LogP contribution in [0.25, 0.3) is 0 Å². The van der Waals surface area contributed by atoms with Gasteiger partial charge in [-0.2, -0.15) is 5.10 Å². The molecule has 6 rings (SSSR count). The van der Waals surface area contributed by atoms with Gasteiger partial charge in [-0.05, 0) is 43.7 Å². The molecule has 4 aliphatic carbocycles. The second kappa shape index (κ2) is 5.58. The number of hydrogen-bond donors (Lipinski definition) is 2. The number of rotatable bonds is 6. The molecule has 0 spiro atoms. The van der Waals surface area contributed by atoms with Crippen molar-refractivity contribution in [3.05, 3.63) is 53.9 Å². The van der Waals surface area contributed by atoms with Gasteiger partial charge >= 0.3 is 6.09 Å². The van der Waals surface area contributed by atoms with Crippen molar-refractivity contribution in [2.24, 2.45) is 0 Å². The molecule has 26 heavy (non-hydrogen) atoms. The molecule has 6 nitrogen and oxygen atoms in total. The van der Waals surface area contributed by atoms with Crippen LogP contribution in [0.1, 0.15) is 49.4 Å². The second-order valence-corrected chi connectivity index (χ2v) is 8.25. The minimum absolute atomic E-state index is 0.112. The highest BCUT2D eigenvalue weighted by Crippen LogP contribution is 2.67. The fourth-order valence-electron chi connectivity index (χ4n) is 4.92. The molecule has 6 heteroatoms. The third-order valence-corrected chi connectivity index (χ3v) is 6.33. The molecular weight excluding hydrogens is 330 g/mol. The van der Waals surface area contributed by atoms with Gasteiger partial charge in [0.15, 0.2) is 0 Å². The molecule has 4 aliphatic rings. The number of nitrogens with zero attached hydrogens (tertiary/aromatic N) is 2. The largest absolute Gasteiger partial charge is 0.465 e. The zero-order chi connectivity index (χ0) is 17.8. The summed E-state index contributed by atoms with van der Waals surface area (Å²) in [6.45, 7) is 0.671. The molecule has 0 atom stereocenters. The van der Waals surface area contributed by atoms with E-state index < -0.39 is 6.09 Å². The number of nitrogens with one attached hydrogen (secondary N) is 1. The van der Waals surface area contributed by atoms with Gasteiger partial charge in [-0.15, -0.1) is 0 Å². The van der Waals surface area contributed by atoms with Gasteiger partial charge in [0, 0.05) is 17.2 Å². The quantitative estimate of drug-likeness (QED) is 0.836. The molecule has 1 aromatic heterocycles. The number of ether oxygens (including phenoxy) is 1. The van der Waals surface area contributed by atoms with E-state index in [9.17, 15) is 4.79 Å². The van der Waals surface area contributed by atoms with Crippen molar-refractivity contribution in [3.8, 4) is 0 Å². The number of amides is 1. The normalized spacial score (nSPS) is 34.3. The Bertz CT molecular complexity index is 806. The lowest BCUT2D eigenvalue weighted by atomic mass is 9.38. The number of benzene rings is 1. The van der Waals surface area contributed by atoms with Crippen molar-refractivity contribution in [1.29, 1.82) is 0 Å². The van der Waals surface area contributed by atoms with E-state index in [4.69, 9.17) is 14.9 Å². The van der Waals surface area contributed by atoms with Gasteiger partial charge in [-0.3, -0.25) is 4.68 Å². The highest BCUT2D eigenvalue weighted by molar-refractivity contribution is 5.67. The summed E-state index contributed by atoms with van der Waals surface area (Å²) in [5.74, 6) is 0. The summed E-state index contributed by atoms with van der Waals surface area (Å²) in [6, 6.07) is 12.8. The minimum Gasteiger partial charge on any atom is -0.465 e. The lowest BCUT2D eigenvalue weighted by molar-refractivity contribution is -0.0858. The summed E-state index contributed by atoms with van der Waals surface area (Å²) in [5, 5.41) is 16.4. The zero-order valence-electron chi connectivity index (χ0n) is 14.6. The first-order valence-electron chi connectivity index (χ1n) is 9.28. The van der Waals surface area contributed by atoms with E-state index in [1.165, 1.54) is 5.56 Å². The highest BCUT2D eigenvalue weighted by Gasteiger charge is 2.70. The van der Waals surface area contributed by atoms with Crippen molar-refractivity contribution < 1.29 is 14.6 Å². The van der Waals surface area contributed by atoms with Crippen molar-refractivity contribution in [2.45, 2.75) is 61.8 Å². The van der Waals surface area contributed by atoms with Gasteiger partial charge in [0.2, 0.25) is 0 Å². The van der Waals surface area contributed by atoms with Crippen LogP contribution in [0, 0.1) is 0 Å². The molecule has 2 aromatic rings. The number of aromatic nitrogens is 2. The highest BCUT2D eigenvalue weighted by atomic mass is 16.5. The standard InChI is InChI=1S/C20H23N3O3/c24-18(25)21-20-11-19(12-20,13-20)17-6-7-23(22-17)15-8-16(9-15)26-10-14-4-2-1-3-5-14/h1-7,15-16,21H,8-13H2,(H,24,25). The molecule has 2 N–H and O–H groups in total. The van der Waals surface area contributed by atoms with Gasteiger partial charge in [0.25, 0.3) is 0 Å². The number of carbonyl (C=O) groups is 1. The van der Waals surface area contributed by atoms with Crippen LogP contribution >= 0.6 is 0 Å². The Balaban J connectivity index is 1.12. The van der Waals surface area contributed by atoms with Gasteiger partial charge in [0.1, 0.15) is 0 Å². The van der Waals surface area contributed by atoms with Crippen molar-refractivity contribution >= 4 is 6.09 Å². The van der Waals surface area contributed by atoms with Gasteiger partial charge in [0.05, 0.1) is 24.4 Å². The summed E-state index contributed by atoms with van der Waals surface area (Å²) in [7, 11) is 0. The van der Waals surface area contributed by atoms with E-state index in [2.05, 4.69) is 34.4 Å². The van der Waals surface area contributed by atoms with Crippen molar-refractivity contribution in [1.82, 2.24) is 15.1 Å². The summed E-state index contributed by atoms with van der Waals surface area (Å²) >= 11 is 0. The Hall–Kier alpha value is -2.34. The van der Waals surface area contributed by atoms with E-state index in [0.717, 1.165) is 37.8 Å². The molecule has 0 saturated heterocycles. The van der Waals surface area contributed by atoms with E-state index in [1.54, 1.807) is 0 Å². The summed E-state index contributed by atoms with van der Waals surface area (Å²) in [4.78, 5) is 10.8. The van der Waals surface area contributed by atoms with Crippen LogP contribution in [0.5, 0.6) is 0 Å². The Morgan fingerprint density at radius 1 is 1.23 bits per heavy atom. The Morgan fingerprint density at radius 3 is 2.65 bits per heavy atom. The smallest absolute Gasteiger partial charge is 0.405 e. The average Bonchev–Trinajstić information content (AvgIpc) is 2.98. The molecule has 0 radical (unpaired) electrons. The van der Waals surface area contributed by atoms with Crippen LogP contribution in [0.3, 0.4) is 0 Å². The summed E-state index contributed by atoms with van der Waals surface area (Å²) in [6.07, 6.45) is 6.14. The number of hydrogen-bond acceptors (Lipinski definition) is 3. The van der Waals surface area contributed by atoms with E-state index >= 15 is 0 Å². The molecule has 2 bridgehead atoms. The fourth-order valence-corrected chi connectivity index (χ4v) is 4.92. The molecule has 136 valence electrons. The molecule has 1 heterocycles. The second-order valence-electron chi connectivity index (χ2n) is 8.25. The lowest BCUT2D eigenvalue weighted by Gasteiger charge is -2.69. The first-order valence-corrected chi connectivity index (χ1v) is 9.28. The van der Waals surface area contributed by atoms with Gasteiger partial charge in [-0.1, -0.05) is 30.3 Å². The third-order valence-electron chi connectivity index (χ3n) is 6.33. The van der Waals surface area contributed by atoms with Crippen LogP contribution < -0.4 is 5.32 Å². The maximum Gasteiger partial charge on any atom is 0.405 e. The van der Waals surface area contributed by atoms with E-state index in [0.29, 0.717) is 18.8 Å². The van der Waals surface area contributed by atoms with Crippen LogP contribution in [0.2, 0.25) is 0 Å². The predicted octanol–water partition coefficient (Wildman–Crippen LogP) is 3.25. The molecule has 4 fully saturated rings. The van der Waals surface area contributed by atoms with Crippen LogP contribution in [-0.2, 0) is 16.8 Å². The molecular formula is C20H23N3O3. The van der Waals surface area contributed by atoms with E-state index in [1.807, 2.05) is 18.2 Å². The topological polar surface area (TPSA) is 76.4 Å². The lowest BCUT2D eigenvalue weighted by Crippen LogP contribution is -2.76. The van der Waals surface area contributed by atoms with Crippen molar-refractivity contribution in [2.75, 3.05) is 0 Å². The zero-order valence-corrected chi connectivity index (χ0v) is 14.6. The SMILES string of the molecule is O=C(O)NC12CC(c3ccn(C4CC(OCc5ccccc5)C4)n3)(C1)C2. The van der Waals surface area contributed by atoms with Crippen molar-refractivity contribution in [3.63, 3.8) is 0 Å². The van der Waals surface area contributed by atoms with Crippen LogP contribution in [0.15, 0.2) is 42.6 Å². The van der Waals surface area contributed by atoms with Crippen LogP contribution in [-0.4, -0.2) is 32.6 Å². The average molecular weight is 353 g/mol. The molecule has 1 aromatic carbocycles. The van der Waals surface area contributed by atoms with E-state index in [-0.39, 0.29) is 11.0 Å². The maximum atomic E-state index is 10.8. The Morgan fingerprint density at radius 2 is 1.96 bits per heavy atom. The van der Waals surface area contributed by atoms with Gasteiger partial charge in [-0.25, -0.2) is 4.79 Å². The molecule has 0 unspecified atom stereocenters. The molecule has 1 amide bonds. The molecule has 0 aliphatic heterocycles. The van der Waals surface area contributed by atoms with Crippen LogP contribution in [0.4, 0.5) is 4.79 Å². The first kappa shape index (κ1) is 15.9. The maximum absolute atomic E-state index is 10.8. The first-order chi connectivity index (χ1) is 12.6. The van der Waals surface area contributed by atoms with Gasteiger partial charge < -0.3 is 15.2 Å².